The number of amides is 2. The molecule has 0 bridgehead atoms. The number of nitrogens with one attached hydrogen (secondary N) is 1. The molecular formula is C11H18N2O5. The number of likely N-dealkylation sites (N-methyl/N-ethyl adjacent to an activating group) is 1. The Morgan fingerprint density at radius 2 is 2.11 bits per heavy atom. The molecule has 0 rings (SSSR count). The fraction of sp³-hybridized carbons (Fsp3) is 0.545. The Morgan fingerprint density at radius 1 is 1.50 bits per heavy atom. The highest BCUT2D eigenvalue weighted by Gasteiger charge is 2.21. The van der Waals surface area contributed by atoms with E-state index in [0.29, 0.717) is 0 Å². The van der Waals surface area contributed by atoms with Crippen LogP contribution in [0.3, 0.4) is 0 Å². The second-order valence-corrected chi connectivity index (χ2v) is 3.53. The molecule has 7 heteroatoms. The summed E-state index contributed by atoms with van der Waals surface area (Å²) in [5, 5.41) is 11.1. The van der Waals surface area contributed by atoms with Gasteiger partial charge in [-0.2, -0.15) is 0 Å². The maximum atomic E-state index is 11.6. The van der Waals surface area contributed by atoms with Crippen molar-refractivity contribution >= 4 is 18.0 Å². The van der Waals surface area contributed by atoms with E-state index in [-0.39, 0.29) is 19.6 Å². The van der Waals surface area contributed by atoms with E-state index in [2.05, 4.69) is 16.6 Å². The van der Waals surface area contributed by atoms with Crippen LogP contribution in [0.5, 0.6) is 0 Å². The fourth-order valence-corrected chi connectivity index (χ4v) is 1.12. The Morgan fingerprint density at radius 3 is 2.56 bits per heavy atom. The first-order valence-corrected chi connectivity index (χ1v) is 5.43. The number of carbonyl (C=O) groups is 3. The number of carbonyl (C=O) groups excluding carboxylic acids is 2. The van der Waals surface area contributed by atoms with Crippen LogP contribution in [0, 0.1) is 0 Å². The first-order chi connectivity index (χ1) is 8.42. The topological polar surface area (TPSA) is 95.9 Å². The molecule has 0 fully saturated rings. The van der Waals surface area contributed by atoms with Crippen LogP contribution in [-0.4, -0.2) is 54.2 Å². The van der Waals surface area contributed by atoms with Crippen molar-refractivity contribution in [2.75, 3.05) is 20.2 Å². The van der Waals surface area contributed by atoms with Gasteiger partial charge in [0, 0.05) is 7.05 Å². The lowest BCUT2D eigenvalue weighted by molar-refractivity contribution is -0.143. The van der Waals surface area contributed by atoms with E-state index in [4.69, 9.17) is 5.11 Å². The average molecular weight is 258 g/mol. The van der Waals surface area contributed by atoms with Gasteiger partial charge >= 0.3 is 18.0 Å². The minimum Gasteiger partial charge on any atom is -0.480 e. The van der Waals surface area contributed by atoms with Gasteiger partial charge in [-0.05, 0) is 13.3 Å². The van der Waals surface area contributed by atoms with E-state index < -0.39 is 24.0 Å². The third-order valence-electron chi connectivity index (χ3n) is 2.02. The predicted molar refractivity (Wildman–Crippen MR) is 64.0 cm³/mol. The molecule has 0 aliphatic heterocycles. The number of esters is 1. The number of carboxylic acids is 1. The van der Waals surface area contributed by atoms with Crippen LogP contribution < -0.4 is 5.32 Å². The van der Waals surface area contributed by atoms with E-state index in [1.807, 2.05) is 0 Å². The van der Waals surface area contributed by atoms with Gasteiger partial charge in [-0.3, -0.25) is 4.79 Å². The number of ether oxygens (including phenoxy) is 1. The Bertz CT molecular complexity index is 329. The second-order valence-electron chi connectivity index (χ2n) is 3.53. The Labute approximate surface area is 105 Å². The third-order valence-corrected chi connectivity index (χ3v) is 2.02. The van der Waals surface area contributed by atoms with Gasteiger partial charge in [0.05, 0.1) is 6.61 Å². The Balaban J connectivity index is 4.32. The van der Waals surface area contributed by atoms with Gasteiger partial charge in [0.15, 0.2) is 0 Å². The molecule has 0 radical (unpaired) electrons. The minimum atomic E-state index is -1.16. The molecule has 2 amide bonds. The first kappa shape index (κ1) is 16.0. The predicted octanol–water partition coefficient (Wildman–Crippen LogP) is 0.220. The molecule has 0 aliphatic carbocycles. The summed E-state index contributed by atoms with van der Waals surface area (Å²) in [6.45, 7) is 5.05. The van der Waals surface area contributed by atoms with Gasteiger partial charge in [0.1, 0.15) is 12.6 Å². The molecule has 2 N–H and O–H groups in total. The molecule has 0 spiro atoms. The standard InChI is InChI=1S/C11H18N2O5/c1-4-6-8(10(15)16)12-11(17)13(3)7-9(14)18-5-2/h4,8H,1,5-7H2,2-3H3,(H,12,17)(H,15,16). The molecule has 0 saturated carbocycles. The largest absolute Gasteiger partial charge is 0.480 e. The molecule has 18 heavy (non-hydrogen) atoms. The summed E-state index contributed by atoms with van der Waals surface area (Å²) < 4.78 is 4.67. The lowest BCUT2D eigenvalue weighted by Gasteiger charge is -2.19. The van der Waals surface area contributed by atoms with Gasteiger partial charge in [0.2, 0.25) is 0 Å². The maximum absolute atomic E-state index is 11.6. The number of hydrogen-bond acceptors (Lipinski definition) is 4. The molecule has 0 heterocycles. The number of urea groups is 1. The summed E-state index contributed by atoms with van der Waals surface area (Å²) in [4.78, 5) is 34.6. The van der Waals surface area contributed by atoms with Crippen molar-refractivity contribution in [1.29, 1.82) is 0 Å². The second kappa shape index (κ2) is 8.10. The molecule has 7 nitrogen and oxygen atoms in total. The first-order valence-electron chi connectivity index (χ1n) is 5.43. The van der Waals surface area contributed by atoms with E-state index >= 15 is 0 Å². The average Bonchev–Trinajstić information content (AvgIpc) is 2.28. The van der Waals surface area contributed by atoms with Crippen LogP contribution in [0.1, 0.15) is 13.3 Å². The smallest absolute Gasteiger partial charge is 0.326 e. The van der Waals surface area contributed by atoms with Crippen molar-refractivity contribution < 1.29 is 24.2 Å². The van der Waals surface area contributed by atoms with Crippen molar-refractivity contribution in [3.05, 3.63) is 12.7 Å². The van der Waals surface area contributed by atoms with Crippen LogP contribution in [0.25, 0.3) is 0 Å². The SMILES string of the molecule is C=CCC(NC(=O)N(C)CC(=O)OCC)C(=O)O. The zero-order valence-corrected chi connectivity index (χ0v) is 10.5. The zero-order chi connectivity index (χ0) is 14.1. The van der Waals surface area contributed by atoms with Crippen molar-refractivity contribution in [1.82, 2.24) is 10.2 Å². The maximum Gasteiger partial charge on any atom is 0.326 e. The minimum absolute atomic E-state index is 0.105. The lowest BCUT2D eigenvalue weighted by atomic mass is 10.2. The highest BCUT2D eigenvalue weighted by atomic mass is 16.5. The molecular weight excluding hydrogens is 240 g/mol. The zero-order valence-electron chi connectivity index (χ0n) is 10.5. The van der Waals surface area contributed by atoms with Crippen LogP contribution in [0.4, 0.5) is 4.79 Å². The third kappa shape index (κ3) is 5.88. The van der Waals surface area contributed by atoms with Gasteiger partial charge < -0.3 is 20.1 Å². The van der Waals surface area contributed by atoms with Crippen molar-refractivity contribution in [2.45, 2.75) is 19.4 Å². The number of aliphatic carboxylic acids is 1. The number of nitrogens with zero attached hydrogens (tertiary/aromatic N) is 1. The monoisotopic (exact) mass is 258 g/mol. The van der Waals surface area contributed by atoms with Crippen molar-refractivity contribution in [3.8, 4) is 0 Å². The van der Waals surface area contributed by atoms with Crippen LogP contribution in [-0.2, 0) is 14.3 Å². The van der Waals surface area contributed by atoms with E-state index in [1.54, 1.807) is 6.92 Å². The summed E-state index contributed by atoms with van der Waals surface area (Å²) in [6, 6.07) is -1.71. The summed E-state index contributed by atoms with van der Waals surface area (Å²) in [7, 11) is 1.37. The van der Waals surface area contributed by atoms with Gasteiger partial charge in [0.25, 0.3) is 0 Å². The summed E-state index contributed by atoms with van der Waals surface area (Å²) >= 11 is 0. The fourth-order valence-electron chi connectivity index (χ4n) is 1.12. The normalized spacial score (nSPS) is 11.2. The van der Waals surface area contributed by atoms with Gasteiger partial charge in [-0.15, -0.1) is 6.58 Å². The van der Waals surface area contributed by atoms with Gasteiger partial charge in [-0.25, -0.2) is 9.59 Å². The molecule has 0 aromatic carbocycles. The summed E-state index contributed by atoms with van der Waals surface area (Å²) in [5.74, 6) is -1.71. The molecule has 1 atom stereocenters. The quantitative estimate of drug-likeness (QED) is 0.503. The summed E-state index contributed by atoms with van der Waals surface area (Å²) in [6.07, 6.45) is 1.50. The van der Waals surface area contributed by atoms with Crippen LogP contribution >= 0.6 is 0 Å². The number of carboxylic acid groups (broad SMARTS) is 1. The van der Waals surface area contributed by atoms with E-state index in [0.717, 1.165) is 4.90 Å². The highest BCUT2D eigenvalue weighted by molar-refractivity contribution is 5.85. The highest BCUT2D eigenvalue weighted by Crippen LogP contribution is 1.96. The lowest BCUT2D eigenvalue weighted by Crippen LogP contribution is -2.47. The molecule has 0 aromatic rings. The molecule has 102 valence electrons. The number of rotatable bonds is 7. The number of hydrogen-bond donors (Lipinski definition) is 2. The molecule has 0 saturated heterocycles. The van der Waals surface area contributed by atoms with Gasteiger partial charge in [-0.1, -0.05) is 6.08 Å². The van der Waals surface area contributed by atoms with Crippen molar-refractivity contribution in [2.24, 2.45) is 0 Å². The van der Waals surface area contributed by atoms with Crippen LogP contribution in [0.15, 0.2) is 12.7 Å². The van der Waals surface area contributed by atoms with E-state index in [9.17, 15) is 14.4 Å². The molecule has 0 aliphatic rings. The summed E-state index contributed by atoms with van der Waals surface area (Å²) in [5.41, 5.74) is 0. The van der Waals surface area contributed by atoms with Crippen molar-refractivity contribution in [3.63, 3.8) is 0 Å². The Kier molecular flexibility index (Phi) is 7.18. The van der Waals surface area contributed by atoms with E-state index in [1.165, 1.54) is 13.1 Å². The molecule has 0 aromatic heterocycles. The Hall–Kier alpha value is -2.05. The molecule has 1 unspecified atom stereocenters. The van der Waals surface area contributed by atoms with Crippen LogP contribution in [0.2, 0.25) is 0 Å².